The number of hydrazine groups is 1. The van der Waals surface area contributed by atoms with Gasteiger partial charge in [-0.1, -0.05) is 18.2 Å². The molecule has 8 nitrogen and oxygen atoms in total. The van der Waals surface area contributed by atoms with Gasteiger partial charge in [0.2, 0.25) is 11.3 Å². The Morgan fingerprint density at radius 1 is 1.38 bits per heavy atom. The van der Waals surface area contributed by atoms with Gasteiger partial charge < -0.3 is 15.2 Å². The lowest BCUT2D eigenvalue weighted by Gasteiger charge is -2.05. The van der Waals surface area contributed by atoms with Crippen LogP contribution in [0.2, 0.25) is 0 Å². The summed E-state index contributed by atoms with van der Waals surface area (Å²) in [6.45, 7) is 0. The predicted octanol–water partition coefficient (Wildman–Crippen LogP) is 0.710. The molecule has 0 amide bonds. The van der Waals surface area contributed by atoms with Gasteiger partial charge in [-0.05, 0) is 24.4 Å². The number of nitro benzene ring substituents is 1. The smallest absolute Gasteiger partial charge is 0.274 e. The predicted molar refractivity (Wildman–Crippen MR) is 93.2 cm³/mol. The number of methoxy groups -OCH3 is 1. The van der Waals surface area contributed by atoms with E-state index in [4.69, 9.17) is 17.0 Å². The fourth-order valence-corrected chi connectivity index (χ4v) is 2.03. The Balaban J connectivity index is 2.09. The van der Waals surface area contributed by atoms with Crippen LogP contribution in [0.25, 0.3) is 0 Å². The maximum absolute atomic E-state index is 10.9. The van der Waals surface area contributed by atoms with E-state index in [1.165, 1.54) is 19.4 Å². The molecule has 4 N–H and O–H groups in total. The van der Waals surface area contributed by atoms with Crippen LogP contribution < -0.4 is 20.6 Å². The molecule has 0 atom stereocenters. The van der Waals surface area contributed by atoms with E-state index in [1.807, 2.05) is 30.3 Å². The van der Waals surface area contributed by atoms with Crippen LogP contribution in [-0.4, -0.2) is 28.5 Å². The monoisotopic (exact) mass is 347 g/mol. The summed E-state index contributed by atoms with van der Waals surface area (Å²) < 4.78 is 4.92. The number of ether oxygens (including phenoxy) is 1. The number of non-ortho nitro benzene ring substituents is 1. The standard InChI is InChI=1S/C15H14N4O4S/c1-23-13-8-12(19(21)22)7-10(14(13)20)9-16-18-15(24)17-11-5-3-2-4-6-11/h2-9,20H,1H3,(H2,17,18,24)/p+1. The number of hydrazone groups is 1. The molecule has 9 heteroatoms. The second-order valence-electron chi connectivity index (χ2n) is 4.58. The number of benzene rings is 2. The van der Waals surface area contributed by atoms with Crippen molar-refractivity contribution in [3.63, 3.8) is 0 Å². The molecule has 0 fully saturated rings. The van der Waals surface area contributed by atoms with E-state index in [0.29, 0.717) is 0 Å². The fourth-order valence-electron chi connectivity index (χ4n) is 1.85. The normalized spacial score (nSPS) is 10.4. The lowest BCUT2D eigenvalue weighted by molar-refractivity contribution is -0.499. The van der Waals surface area contributed by atoms with Crippen LogP contribution in [0.4, 0.5) is 11.4 Å². The van der Waals surface area contributed by atoms with Gasteiger partial charge in [0.05, 0.1) is 23.7 Å². The van der Waals surface area contributed by atoms with Gasteiger partial charge in [0.25, 0.3) is 5.69 Å². The van der Waals surface area contributed by atoms with Crippen molar-refractivity contribution in [1.29, 1.82) is 0 Å². The Kier molecular flexibility index (Phi) is 5.63. The highest BCUT2D eigenvalue weighted by molar-refractivity contribution is 7.80. The Bertz CT molecular complexity index is 781. The van der Waals surface area contributed by atoms with Crippen molar-refractivity contribution in [1.82, 2.24) is 5.43 Å². The van der Waals surface area contributed by atoms with Crippen molar-refractivity contribution in [3.05, 3.63) is 58.1 Å². The lowest BCUT2D eigenvalue weighted by atomic mass is 10.2. The highest BCUT2D eigenvalue weighted by Gasteiger charge is 2.17. The topological polar surface area (TPSA) is 111 Å². The lowest BCUT2D eigenvalue weighted by Crippen LogP contribution is -2.82. The molecule has 0 radical (unpaired) electrons. The van der Waals surface area contributed by atoms with E-state index in [0.717, 1.165) is 11.8 Å². The van der Waals surface area contributed by atoms with E-state index in [2.05, 4.69) is 15.8 Å². The maximum Gasteiger partial charge on any atom is 0.274 e. The first-order valence-electron chi connectivity index (χ1n) is 6.77. The van der Waals surface area contributed by atoms with Crippen molar-refractivity contribution in [3.8, 4) is 11.5 Å². The van der Waals surface area contributed by atoms with E-state index in [1.54, 1.807) is 0 Å². The summed E-state index contributed by atoms with van der Waals surface area (Å²) in [5.74, 6) is -0.221. The quantitative estimate of drug-likeness (QED) is 0.273. The molecule has 2 aromatic carbocycles. The number of aromatic hydroxyl groups is 1. The van der Waals surface area contributed by atoms with Gasteiger partial charge in [-0.25, -0.2) is 0 Å². The molecule has 0 aliphatic rings. The summed E-state index contributed by atoms with van der Waals surface area (Å²) in [5.41, 5.74) is 3.46. The highest BCUT2D eigenvalue weighted by atomic mass is 32.1. The second kappa shape index (κ2) is 7.88. The van der Waals surface area contributed by atoms with Gasteiger partial charge in [-0.2, -0.15) is 0 Å². The summed E-state index contributed by atoms with van der Waals surface area (Å²) in [5, 5.41) is 26.8. The summed E-state index contributed by atoms with van der Waals surface area (Å²) in [6.07, 6.45) is 1.34. The zero-order chi connectivity index (χ0) is 17.5. The fraction of sp³-hybridized carbons (Fsp3) is 0.0667. The molecule has 0 aromatic heterocycles. The Morgan fingerprint density at radius 2 is 2.08 bits per heavy atom. The minimum absolute atomic E-state index is 0.00207. The number of hydrogen-bond donors (Lipinski definition) is 4. The molecule has 0 heterocycles. The molecule has 0 saturated heterocycles. The third-order valence-electron chi connectivity index (χ3n) is 2.96. The third kappa shape index (κ3) is 4.40. The minimum Gasteiger partial charge on any atom is -0.504 e. The highest BCUT2D eigenvalue weighted by Crippen LogP contribution is 2.33. The van der Waals surface area contributed by atoms with Crippen LogP contribution in [0, 0.1) is 10.1 Å². The van der Waals surface area contributed by atoms with Crippen LogP contribution in [-0.2, 0) is 0 Å². The number of phenolic OH excluding ortho intramolecular Hbond substituents is 1. The minimum atomic E-state index is -0.575. The summed E-state index contributed by atoms with van der Waals surface area (Å²) >= 11 is 5.10. The number of phenols is 1. The second-order valence-corrected chi connectivity index (χ2v) is 4.99. The van der Waals surface area contributed by atoms with Crippen LogP contribution in [0.1, 0.15) is 5.56 Å². The average Bonchev–Trinajstić information content (AvgIpc) is 2.57. The zero-order valence-corrected chi connectivity index (χ0v) is 13.5. The van der Waals surface area contributed by atoms with Gasteiger partial charge >= 0.3 is 0 Å². The molecule has 0 spiro atoms. The van der Waals surface area contributed by atoms with Crippen LogP contribution in [0.5, 0.6) is 11.5 Å². The molecule has 0 unspecified atom stereocenters. The van der Waals surface area contributed by atoms with Crippen molar-refractivity contribution in [2.24, 2.45) is 0 Å². The molecule has 2 rings (SSSR count). The Hall–Kier alpha value is -3.20. The molecule has 0 saturated carbocycles. The van der Waals surface area contributed by atoms with E-state index >= 15 is 0 Å². The first-order chi connectivity index (χ1) is 11.5. The van der Waals surface area contributed by atoms with Crippen molar-refractivity contribution in [2.75, 3.05) is 12.4 Å². The summed E-state index contributed by atoms with van der Waals surface area (Å²) in [4.78, 5) is 10.3. The van der Waals surface area contributed by atoms with Crippen LogP contribution in [0.15, 0.2) is 42.5 Å². The molecule has 0 aliphatic carbocycles. The average molecular weight is 347 g/mol. The van der Waals surface area contributed by atoms with Crippen LogP contribution in [0.3, 0.4) is 0 Å². The number of thiocarbonyl (C=S) groups is 1. The number of nitrogens with zero attached hydrogens (tertiary/aromatic N) is 1. The van der Waals surface area contributed by atoms with Gasteiger partial charge in [0.15, 0.2) is 11.5 Å². The third-order valence-corrected chi connectivity index (χ3v) is 3.17. The van der Waals surface area contributed by atoms with Gasteiger partial charge in [-0.15, -0.1) is 10.5 Å². The van der Waals surface area contributed by atoms with Crippen molar-refractivity contribution >= 4 is 34.9 Å². The van der Waals surface area contributed by atoms with E-state index < -0.39 is 4.92 Å². The first kappa shape index (κ1) is 17.2. The van der Waals surface area contributed by atoms with E-state index in [9.17, 15) is 15.2 Å². The Morgan fingerprint density at radius 3 is 2.71 bits per heavy atom. The SMILES string of the molecule is COc1cc([N+](=O)[O-])cc(C=[NH+]NC(=S)Nc2ccccc2)c1O. The molecular weight excluding hydrogens is 332 g/mol. The number of nitro groups is 1. The first-order valence-corrected chi connectivity index (χ1v) is 7.18. The number of nitrogens with one attached hydrogen (secondary N) is 3. The Labute approximate surface area is 142 Å². The molecule has 24 heavy (non-hydrogen) atoms. The number of para-hydroxylation sites is 1. The molecule has 0 aliphatic heterocycles. The molecule has 124 valence electrons. The molecule has 2 aromatic rings. The van der Waals surface area contributed by atoms with Gasteiger partial charge in [0.1, 0.15) is 0 Å². The van der Waals surface area contributed by atoms with Crippen LogP contribution >= 0.6 is 12.2 Å². The number of rotatable bonds is 5. The summed E-state index contributed by atoms with van der Waals surface area (Å²) in [7, 11) is 1.31. The maximum atomic E-state index is 10.9. The van der Waals surface area contributed by atoms with Gasteiger partial charge in [-0.3, -0.25) is 10.1 Å². The molecule has 0 bridgehead atoms. The number of hydrogen-bond acceptors (Lipinski definition) is 5. The van der Waals surface area contributed by atoms with Crippen molar-refractivity contribution in [2.45, 2.75) is 0 Å². The van der Waals surface area contributed by atoms with E-state index in [-0.39, 0.29) is 27.9 Å². The summed E-state index contributed by atoms with van der Waals surface area (Å²) in [6, 6.07) is 11.6. The largest absolute Gasteiger partial charge is 0.504 e. The van der Waals surface area contributed by atoms with Crippen molar-refractivity contribution < 1.29 is 19.9 Å². The van der Waals surface area contributed by atoms with Gasteiger partial charge in [0, 0.05) is 11.8 Å². The molecular formula is C15H15N4O4S+. The zero-order valence-electron chi connectivity index (χ0n) is 12.6. The number of anilines is 1.